The van der Waals surface area contributed by atoms with Gasteiger partial charge in [-0.2, -0.15) is 0 Å². The molecule has 3 aliphatic heterocycles. The Labute approximate surface area is 310 Å². The second-order valence-electron chi connectivity index (χ2n) is 15.7. The van der Waals surface area contributed by atoms with E-state index in [1.165, 1.54) is 5.57 Å². The molecule has 3 amide bonds. The summed E-state index contributed by atoms with van der Waals surface area (Å²) in [4.78, 5) is 47.5. The van der Waals surface area contributed by atoms with E-state index < -0.39 is 31.6 Å². The number of benzene rings is 2. The minimum atomic E-state index is -3.54. The molecule has 4 atom stereocenters. The van der Waals surface area contributed by atoms with Crippen molar-refractivity contribution >= 4 is 37.5 Å². The summed E-state index contributed by atoms with van der Waals surface area (Å²) >= 11 is 0. The Morgan fingerprint density at radius 1 is 1.06 bits per heavy atom. The van der Waals surface area contributed by atoms with Crippen LogP contribution in [0, 0.1) is 5.92 Å². The number of amides is 3. The Morgan fingerprint density at radius 2 is 1.79 bits per heavy atom. The minimum absolute atomic E-state index is 0.0613. The quantitative estimate of drug-likeness (QED) is 0.128. The fraction of sp³-hybridized carbons (Fsp3) is 0.548. The lowest BCUT2D eigenvalue weighted by molar-refractivity contribution is -0.149. The lowest BCUT2D eigenvalue weighted by atomic mass is 9.82. The molecule has 282 valence electrons. The average Bonchev–Trinajstić information content (AvgIpc) is 3.51. The summed E-state index contributed by atoms with van der Waals surface area (Å²) in [5.41, 5.74) is 3.23. The van der Waals surface area contributed by atoms with Crippen LogP contribution < -0.4 is 9.80 Å². The van der Waals surface area contributed by atoms with Crippen molar-refractivity contribution in [3.8, 4) is 0 Å². The molecule has 0 unspecified atom stereocenters. The minimum Gasteiger partial charge on any atom is -0.395 e. The number of anilines is 2. The molecule has 2 saturated heterocycles. The third-order valence-electron chi connectivity index (χ3n) is 11.1. The molecule has 8 nitrogen and oxygen atoms in total. The van der Waals surface area contributed by atoms with Gasteiger partial charge in [0.25, 0.3) is 5.91 Å². The predicted octanol–water partition coefficient (Wildman–Crippen LogP) is 8.21. The summed E-state index contributed by atoms with van der Waals surface area (Å²) in [7, 11) is -3.54. The summed E-state index contributed by atoms with van der Waals surface area (Å²) in [6, 6.07) is 15.3. The highest BCUT2D eigenvalue weighted by Crippen LogP contribution is 2.60. The number of hydrogen-bond acceptors (Lipinski definition) is 5. The molecule has 0 radical (unpaired) electrons. The second-order valence-corrected chi connectivity index (χ2v) is 19.5. The van der Waals surface area contributed by atoms with Crippen LogP contribution in [0.1, 0.15) is 90.2 Å². The van der Waals surface area contributed by atoms with Crippen LogP contribution in [0.4, 0.5) is 15.5 Å². The number of hydrogen-bond donors (Lipinski definition) is 1. The lowest BCUT2D eigenvalue weighted by Gasteiger charge is -2.32. The molecule has 5 rings (SSSR count). The van der Waals surface area contributed by atoms with Crippen LogP contribution in [0.3, 0.4) is 0 Å². The van der Waals surface area contributed by atoms with E-state index in [4.69, 9.17) is 4.74 Å². The van der Waals surface area contributed by atoms with E-state index >= 15 is 4.11 Å². The first-order valence-corrected chi connectivity index (χ1v) is 22.1. The molecule has 0 aromatic heterocycles. The van der Waals surface area contributed by atoms with Crippen molar-refractivity contribution in [3.63, 3.8) is 0 Å². The Hall–Kier alpha value is -3.60. The molecule has 2 aromatic rings. The second kappa shape index (κ2) is 17.0. The molecule has 2 fully saturated rings. The number of nitrogens with zero attached hydrogens (tertiary/aromatic N) is 3. The Balaban J connectivity index is 1.54. The molecule has 52 heavy (non-hydrogen) atoms. The maximum atomic E-state index is 16.6. The van der Waals surface area contributed by atoms with Crippen LogP contribution in [-0.2, 0) is 31.3 Å². The van der Waals surface area contributed by atoms with Crippen LogP contribution in [0.15, 0.2) is 71.8 Å². The average molecular weight is 732 g/mol. The van der Waals surface area contributed by atoms with E-state index in [0.717, 1.165) is 49.7 Å². The summed E-state index contributed by atoms with van der Waals surface area (Å²) < 4.78 is 23.6. The fourth-order valence-electron chi connectivity index (χ4n) is 8.47. The Bertz CT molecular complexity index is 1650. The maximum absolute atomic E-state index is 16.6. The van der Waals surface area contributed by atoms with E-state index in [0.29, 0.717) is 43.0 Å². The first-order valence-electron chi connectivity index (χ1n) is 19.1. The summed E-state index contributed by atoms with van der Waals surface area (Å²) in [6.07, 6.45) is 9.41. The van der Waals surface area contributed by atoms with Gasteiger partial charge in [0.1, 0.15) is 0 Å². The van der Waals surface area contributed by atoms with Gasteiger partial charge in [0.2, 0.25) is 20.2 Å². The fourth-order valence-corrected chi connectivity index (χ4v) is 11.0. The number of carbonyl (C=O) groups is 3. The van der Waals surface area contributed by atoms with E-state index in [9.17, 15) is 19.5 Å². The van der Waals surface area contributed by atoms with Crippen LogP contribution in [0.2, 0.25) is 18.6 Å². The van der Waals surface area contributed by atoms with Crippen LogP contribution in [0.5, 0.6) is 0 Å². The predicted molar refractivity (Wildman–Crippen MR) is 208 cm³/mol. The molecule has 1 N–H and O–H groups in total. The van der Waals surface area contributed by atoms with Gasteiger partial charge in [-0.3, -0.25) is 14.4 Å². The summed E-state index contributed by atoms with van der Waals surface area (Å²) in [5, 5.41) is 9.87. The largest absolute Gasteiger partial charge is 0.395 e. The van der Waals surface area contributed by atoms with Crippen LogP contribution in [0.25, 0.3) is 0 Å². The van der Waals surface area contributed by atoms with Crippen LogP contribution >= 0.6 is 0 Å². The van der Waals surface area contributed by atoms with Gasteiger partial charge in [-0.25, -0.2) is 0 Å². The van der Waals surface area contributed by atoms with Crippen molar-refractivity contribution in [2.75, 3.05) is 36.0 Å². The maximum Gasteiger partial charge on any atom is 0.264 e. The number of aliphatic hydroxyl groups excluding tert-OH is 1. The van der Waals surface area contributed by atoms with E-state index in [-0.39, 0.29) is 37.3 Å². The molecule has 0 bridgehead atoms. The van der Waals surface area contributed by atoms with E-state index in [2.05, 4.69) is 32.9 Å². The van der Waals surface area contributed by atoms with Crippen molar-refractivity contribution in [1.82, 2.24) is 4.90 Å². The number of aliphatic hydroxyl groups is 1. The molecule has 10 heteroatoms. The topological polar surface area (TPSA) is 90.4 Å². The number of allylic oxidation sites excluding steroid dienone is 3. The van der Waals surface area contributed by atoms with Gasteiger partial charge in [-0.1, -0.05) is 73.4 Å². The zero-order valence-electron chi connectivity index (χ0n) is 32.0. The van der Waals surface area contributed by atoms with Crippen molar-refractivity contribution in [3.05, 3.63) is 83.0 Å². The van der Waals surface area contributed by atoms with Crippen molar-refractivity contribution < 1.29 is 28.3 Å². The van der Waals surface area contributed by atoms with Gasteiger partial charge >= 0.3 is 0 Å². The molecular formula is C42H58FN3O5Si. The Morgan fingerprint density at radius 3 is 2.48 bits per heavy atom. The third kappa shape index (κ3) is 8.61. The standard InChI is InChI=1S/C42H58FN3O5Si/c1-30(2)15-14-16-31(3)22-24-46-36-21-20-34(45-23-13-8-7-12-19-38(45)48)27-35(36)42(41(46)50)32(4)40(52(5,6)43)37(51-42)28-39(49)44(25-26-47)29-33-17-10-9-11-18-33/h9-11,15,17-18,20-22,27,32,37,40,47H,7-8,12-14,16,19,23-26,28-29H2,1-6H3/b31-22+/t32-,37+,40-,42+/m0/s1. The number of fused-ring (bicyclic) bond motifs is 2. The normalized spacial score (nSPS) is 23.8. The molecule has 3 heterocycles. The number of carbonyl (C=O) groups excluding carboxylic acids is 3. The highest BCUT2D eigenvalue weighted by atomic mass is 28.4. The number of rotatable bonds is 13. The van der Waals surface area contributed by atoms with Gasteiger partial charge in [-0.05, 0) is 83.3 Å². The Kier molecular flexibility index (Phi) is 13.0. The highest BCUT2D eigenvalue weighted by Gasteiger charge is 2.67. The molecule has 3 aliphatic rings. The van der Waals surface area contributed by atoms with Crippen molar-refractivity contribution in [2.24, 2.45) is 5.92 Å². The first kappa shape index (κ1) is 39.6. The highest BCUT2D eigenvalue weighted by molar-refractivity contribution is 6.72. The van der Waals surface area contributed by atoms with Gasteiger partial charge < -0.3 is 28.7 Å². The number of halogens is 1. The van der Waals surface area contributed by atoms with E-state index in [1.807, 2.05) is 60.4 Å². The SMILES string of the molecule is CC(C)=CCC/C(C)=C/CN1C(=O)[C@]2(O[C@H](CC(=O)N(CCO)Cc3ccccc3)[C@@H]([Si](C)(C)F)[C@@H]2C)c2cc(N3CCCCCCC3=O)ccc21. The smallest absolute Gasteiger partial charge is 0.264 e. The molecule has 1 spiro atoms. The van der Waals surface area contributed by atoms with Gasteiger partial charge in [0.05, 0.1) is 24.8 Å². The molecule has 0 aliphatic carbocycles. The van der Waals surface area contributed by atoms with Crippen molar-refractivity contribution in [1.29, 1.82) is 0 Å². The summed E-state index contributed by atoms with van der Waals surface area (Å²) in [5.74, 6) is -1.03. The number of ether oxygens (including phenoxy) is 1. The van der Waals surface area contributed by atoms with Gasteiger partial charge in [0.15, 0.2) is 5.60 Å². The molecule has 0 saturated carbocycles. The zero-order valence-corrected chi connectivity index (χ0v) is 33.0. The first-order chi connectivity index (χ1) is 24.8. The molecular weight excluding hydrogens is 674 g/mol. The monoisotopic (exact) mass is 731 g/mol. The summed E-state index contributed by atoms with van der Waals surface area (Å²) in [6.45, 7) is 12.6. The van der Waals surface area contributed by atoms with E-state index in [1.54, 1.807) is 22.9 Å². The van der Waals surface area contributed by atoms with Crippen molar-refractivity contribution in [2.45, 2.75) is 116 Å². The zero-order chi connectivity index (χ0) is 37.6. The third-order valence-corrected chi connectivity index (χ3v) is 13.6. The van der Waals surface area contributed by atoms with Gasteiger partial charge in [0, 0.05) is 55.3 Å². The molecule has 2 aromatic carbocycles. The van der Waals surface area contributed by atoms with Gasteiger partial charge in [-0.15, -0.1) is 0 Å². The van der Waals surface area contributed by atoms with Crippen LogP contribution in [-0.4, -0.2) is 68.5 Å². The lowest BCUT2D eigenvalue weighted by Crippen LogP contribution is -2.45.